The highest BCUT2D eigenvalue weighted by Crippen LogP contribution is 2.24. The SMILES string of the molecule is CCOC(=O)c1c(C)cc(C=O)cc1[N+](=O)[O-]. The Hall–Kier alpha value is -2.24. The minimum Gasteiger partial charge on any atom is -0.462 e. The number of carbonyl (C=O) groups is 2. The van der Waals surface area contributed by atoms with E-state index >= 15 is 0 Å². The Morgan fingerprint density at radius 1 is 1.53 bits per heavy atom. The van der Waals surface area contributed by atoms with E-state index in [4.69, 9.17) is 4.74 Å². The highest BCUT2D eigenvalue weighted by atomic mass is 16.6. The van der Waals surface area contributed by atoms with Crippen LogP contribution >= 0.6 is 0 Å². The summed E-state index contributed by atoms with van der Waals surface area (Å²) in [5.41, 5.74) is -0.0185. The van der Waals surface area contributed by atoms with E-state index in [2.05, 4.69) is 0 Å². The fourth-order valence-electron chi connectivity index (χ4n) is 1.48. The van der Waals surface area contributed by atoms with Crippen LogP contribution in [0.25, 0.3) is 0 Å². The van der Waals surface area contributed by atoms with Crippen molar-refractivity contribution in [2.45, 2.75) is 13.8 Å². The first-order valence-corrected chi connectivity index (χ1v) is 4.92. The van der Waals surface area contributed by atoms with Crippen molar-refractivity contribution in [3.05, 3.63) is 38.9 Å². The Labute approximate surface area is 97.3 Å². The maximum atomic E-state index is 11.6. The van der Waals surface area contributed by atoms with Crippen LogP contribution in [0.3, 0.4) is 0 Å². The van der Waals surface area contributed by atoms with Gasteiger partial charge in [-0.2, -0.15) is 0 Å². The van der Waals surface area contributed by atoms with Gasteiger partial charge < -0.3 is 4.74 Å². The highest BCUT2D eigenvalue weighted by molar-refractivity contribution is 5.97. The van der Waals surface area contributed by atoms with Gasteiger partial charge in [-0.15, -0.1) is 0 Å². The van der Waals surface area contributed by atoms with Crippen LogP contribution < -0.4 is 0 Å². The normalized spacial score (nSPS) is 9.76. The summed E-state index contributed by atoms with van der Waals surface area (Å²) in [6.07, 6.45) is 0.495. The number of rotatable bonds is 4. The van der Waals surface area contributed by atoms with Crippen LogP contribution in [0.15, 0.2) is 12.1 Å². The molecule has 6 nitrogen and oxygen atoms in total. The predicted octanol–water partition coefficient (Wildman–Crippen LogP) is 1.89. The Morgan fingerprint density at radius 3 is 2.65 bits per heavy atom. The monoisotopic (exact) mass is 237 g/mol. The van der Waals surface area contributed by atoms with Gasteiger partial charge in [0, 0.05) is 11.6 Å². The summed E-state index contributed by atoms with van der Waals surface area (Å²) in [6.45, 7) is 3.26. The molecule has 17 heavy (non-hydrogen) atoms. The third-order valence-corrected chi connectivity index (χ3v) is 2.15. The standard InChI is InChI=1S/C11H11NO5/c1-3-17-11(14)10-7(2)4-8(6-13)5-9(10)12(15)16/h4-6H,3H2,1-2H3. The number of nitro groups is 1. The van der Waals surface area contributed by atoms with Crippen LogP contribution in [0, 0.1) is 17.0 Å². The lowest BCUT2D eigenvalue weighted by atomic mass is 10.0. The molecule has 0 unspecified atom stereocenters. The smallest absolute Gasteiger partial charge is 0.345 e. The fourth-order valence-corrected chi connectivity index (χ4v) is 1.48. The molecule has 0 saturated heterocycles. The summed E-state index contributed by atoms with van der Waals surface area (Å²) < 4.78 is 4.74. The van der Waals surface area contributed by atoms with Crippen molar-refractivity contribution < 1.29 is 19.2 Å². The summed E-state index contributed by atoms with van der Waals surface area (Å²) in [6, 6.07) is 2.47. The Balaban J connectivity index is 3.41. The summed E-state index contributed by atoms with van der Waals surface area (Å²) in [5, 5.41) is 10.8. The molecule has 0 radical (unpaired) electrons. The molecule has 0 bridgehead atoms. The van der Waals surface area contributed by atoms with Crippen molar-refractivity contribution in [1.29, 1.82) is 0 Å². The van der Waals surface area contributed by atoms with E-state index in [9.17, 15) is 19.7 Å². The predicted molar refractivity (Wildman–Crippen MR) is 59.2 cm³/mol. The van der Waals surface area contributed by atoms with E-state index in [0.717, 1.165) is 6.07 Å². The minimum atomic E-state index is -0.755. The number of aryl methyl sites for hydroxylation is 1. The number of ether oxygens (including phenoxy) is 1. The van der Waals surface area contributed by atoms with E-state index < -0.39 is 16.6 Å². The van der Waals surface area contributed by atoms with Gasteiger partial charge in [-0.3, -0.25) is 14.9 Å². The Kier molecular flexibility index (Phi) is 3.92. The average Bonchev–Trinajstić information content (AvgIpc) is 2.27. The molecule has 1 aromatic rings. The van der Waals surface area contributed by atoms with Crippen molar-refractivity contribution in [3.63, 3.8) is 0 Å². The van der Waals surface area contributed by atoms with Crippen LogP contribution in [0.2, 0.25) is 0 Å². The highest BCUT2D eigenvalue weighted by Gasteiger charge is 2.24. The molecular formula is C11H11NO5. The van der Waals surface area contributed by atoms with Gasteiger partial charge in [-0.1, -0.05) is 0 Å². The maximum Gasteiger partial charge on any atom is 0.345 e. The quantitative estimate of drug-likeness (QED) is 0.345. The van der Waals surface area contributed by atoms with Crippen molar-refractivity contribution in [2.75, 3.05) is 6.61 Å². The van der Waals surface area contributed by atoms with Gasteiger partial charge >= 0.3 is 5.97 Å². The zero-order chi connectivity index (χ0) is 13.0. The van der Waals surface area contributed by atoms with Crippen LogP contribution in [0.4, 0.5) is 5.69 Å². The fraction of sp³-hybridized carbons (Fsp3) is 0.273. The minimum absolute atomic E-state index is 0.109. The largest absolute Gasteiger partial charge is 0.462 e. The summed E-state index contributed by atoms with van der Waals surface area (Å²) in [4.78, 5) is 32.3. The molecule has 0 amide bonds. The van der Waals surface area contributed by atoms with Crippen molar-refractivity contribution in [3.8, 4) is 0 Å². The average molecular weight is 237 g/mol. The molecule has 0 N–H and O–H groups in total. The lowest BCUT2D eigenvalue weighted by Crippen LogP contribution is -2.10. The van der Waals surface area contributed by atoms with Crippen LogP contribution in [0.5, 0.6) is 0 Å². The number of nitro benzene ring substituents is 1. The zero-order valence-electron chi connectivity index (χ0n) is 9.43. The molecule has 6 heteroatoms. The number of nitrogens with zero attached hydrogens (tertiary/aromatic N) is 1. The number of aldehydes is 1. The summed E-state index contributed by atoms with van der Waals surface area (Å²) in [7, 11) is 0. The molecule has 0 aromatic heterocycles. The Bertz CT molecular complexity index is 481. The van der Waals surface area contributed by atoms with Gasteiger partial charge in [0.05, 0.1) is 11.5 Å². The van der Waals surface area contributed by atoms with Crippen molar-refractivity contribution >= 4 is 17.9 Å². The number of carbonyl (C=O) groups excluding carboxylic acids is 2. The summed E-state index contributed by atoms with van der Waals surface area (Å²) >= 11 is 0. The first-order chi connectivity index (χ1) is 8.01. The molecule has 0 aliphatic carbocycles. The molecule has 0 aliphatic rings. The third-order valence-electron chi connectivity index (χ3n) is 2.15. The topological polar surface area (TPSA) is 86.5 Å². The molecule has 0 spiro atoms. The van der Waals surface area contributed by atoms with Crippen LogP contribution in [-0.4, -0.2) is 23.8 Å². The van der Waals surface area contributed by atoms with E-state index in [1.54, 1.807) is 6.92 Å². The second-order valence-corrected chi connectivity index (χ2v) is 3.33. The number of benzene rings is 1. The van der Waals surface area contributed by atoms with Gasteiger partial charge in [0.1, 0.15) is 11.8 Å². The van der Waals surface area contributed by atoms with Gasteiger partial charge in [-0.05, 0) is 25.5 Å². The first-order valence-electron chi connectivity index (χ1n) is 4.92. The maximum absolute atomic E-state index is 11.6. The first kappa shape index (κ1) is 12.8. The van der Waals surface area contributed by atoms with E-state index in [1.165, 1.54) is 13.0 Å². The third kappa shape index (κ3) is 2.66. The van der Waals surface area contributed by atoms with E-state index in [0.29, 0.717) is 11.8 Å². The summed E-state index contributed by atoms with van der Waals surface area (Å²) in [5.74, 6) is -0.755. The molecule has 0 aliphatic heterocycles. The number of hydrogen-bond acceptors (Lipinski definition) is 5. The van der Waals surface area contributed by atoms with Gasteiger partial charge in [0.25, 0.3) is 5.69 Å². The van der Waals surface area contributed by atoms with Crippen molar-refractivity contribution in [2.24, 2.45) is 0 Å². The van der Waals surface area contributed by atoms with Gasteiger partial charge in [-0.25, -0.2) is 4.79 Å². The molecule has 0 atom stereocenters. The lowest BCUT2D eigenvalue weighted by molar-refractivity contribution is -0.385. The molecule has 0 heterocycles. The zero-order valence-corrected chi connectivity index (χ0v) is 9.43. The molecule has 90 valence electrons. The van der Waals surface area contributed by atoms with E-state index in [1.807, 2.05) is 0 Å². The number of esters is 1. The lowest BCUT2D eigenvalue weighted by Gasteiger charge is -2.06. The van der Waals surface area contributed by atoms with Crippen LogP contribution in [0.1, 0.15) is 33.2 Å². The Morgan fingerprint density at radius 2 is 2.18 bits per heavy atom. The molecule has 1 rings (SSSR count). The van der Waals surface area contributed by atoms with Crippen LogP contribution in [-0.2, 0) is 4.74 Å². The van der Waals surface area contributed by atoms with Gasteiger partial charge in [0.15, 0.2) is 0 Å². The number of hydrogen-bond donors (Lipinski definition) is 0. The molecule has 0 fully saturated rings. The van der Waals surface area contributed by atoms with Gasteiger partial charge in [0.2, 0.25) is 0 Å². The van der Waals surface area contributed by atoms with Crippen molar-refractivity contribution in [1.82, 2.24) is 0 Å². The second-order valence-electron chi connectivity index (χ2n) is 3.33. The van der Waals surface area contributed by atoms with E-state index in [-0.39, 0.29) is 17.7 Å². The second kappa shape index (κ2) is 5.20. The molecule has 1 aromatic carbocycles. The molecule has 0 saturated carbocycles. The molecular weight excluding hydrogens is 226 g/mol.